The van der Waals surface area contributed by atoms with Gasteiger partial charge in [-0.1, -0.05) is 6.42 Å². The van der Waals surface area contributed by atoms with Crippen molar-refractivity contribution in [2.24, 2.45) is 0 Å². The lowest BCUT2D eigenvalue weighted by Gasteiger charge is -2.35. The van der Waals surface area contributed by atoms with E-state index in [9.17, 15) is 9.59 Å². The van der Waals surface area contributed by atoms with Crippen LogP contribution in [0.5, 0.6) is 0 Å². The predicted molar refractivity (Wildman–Crippen MR) is 107 cm³/mol. The molecule has 1 unspecified atom stereocenters. The number of rotatable bonds is 6. The molecule has 0 bridgehead atoms. The maximum Gasteiger partial charge on any atom is 0.271 e. The molecular weight excluding hydrogens is 372 g/mol. The molecule has 1 atom stereocenters. The number of nitrogens with zero attached hydrogens (tertiary/aromatic N) is 4. The molecule has 2 aromatic heterocycles. The molecule has 29 heavy (non-hydrogen) atoms. The van der Waals surface area contributed by atoms with E-state index in [0.29, 0.717) is 32.0 Å². The first-order chi connectivity index (χ1) is 14.1. The summed E-state index contributed by atoms with van der Waals surface area (Å²) in [6.07, 6.45) is 4.06. The second-order valence-corrected chi connectivity index (χ2v) is 7.81. The second-order valence-electron chi connectivity index (χ2n) is 7.81. The lowest BCUT2D eigenvalue weighted by Crippen LogP contribution is -2.48. The number of hydrogen-bond donors (Lipinski definition) is 2. The van der Waals surface area contributed by atoms with Crippen molar-refractivity contribution in [3.8, 4) is 0 Å². The fourth-order valence-corrected chi connectivity index (χ4v) is 4.06. The van der Waals surface area contributed by atoms with Crippen LogP contribution >= 0.6 is 0 Å². The van der Waals surface area contributed by atoms with Crippen LogP contribution in [0.15, 0.2) is 16.9 Å². The number of aromatic nitrogens is 4. The number of H-pyrrole nitrogens is 1. The first-order valence-electron chi connectivity index (χ1n) is 10.3. The topological polar surface area (TPSA) is 105 Å². The van der Waals surface area contributed by atoms with Gasteiger partial charge in [0.15, 0.2) is 0 Å². The summed E-state index contributed by atoms with van der Waals surface area (Å²) in [6.45, 7) is 5.84. The minimum Gasteiger partial charge on any atom is -0.376 e. The van der Waals surface area contributed by atoms with Crippen molar-refractivity contribution in [3.63, 3.8) is 0 Å². The standard InChI is InChI=1S/C20H28N6O3/c1-14-10-18(23-22-14)20(28)21-12-16-4-2-3-6-25(16)7-8-26-19(27)11-15-13-29-9-5-17(15)24-26/h10-11,16H,2-9,12-13H2,1H3,(H,21,28)(H,22,23). The third-order valence-electron chi connectivity index (χ3n) is 5.69. The molecule has 1 fully saturated rings. The number of likely N-dealkylation sites (tertiary alicyclic amines) is 1. The first kappa shape index (κ1) is 19.8. The van der Waals surface area contributed by atoms with E-state index in [1.807, 2.05) is 6.92 Å². The number of carbonyl (C=O) groups is 1. The molecule has 4 heterocycles. The van der Waals surface area contributed by atoms with Crippen LogP contribution < -0.4 is 10.9 Å². The van der Waals surface area contributed by atoms with Gasteiger partial charge < -0.3 is 10.1 Å². The van der Waals surface area contributed by atoms with Gasteiger partial charge in [-0.15, -0.1) is 0 Å². The van der Waals surface area contributed by atoms with Crippen molar-refractivity contribution in [1.82, 2.24) is 30.2 Å². The Labute approximate surface area is 169 Å². The fraction of sp³-hybridized carbons (Fsp3) is 0.600. The summed E-state index contributed by atoms with van der Waals surface area (Å²) in [5.74, 6) is -0.158. The summed E-state index contributed by atoms with van der Waals surface area (Å²) >= 11 is 0. The molecule has 0 aliphatic carbocycles. The summed E-state index contributed by atoms with van der Waals surface area (Å²) in [5.41, 5.74) is 3.07. The molecule has 0 saturated carbocycles. The molecule has 0 spiro atoms. The van der Waals surface area contributed by atoms with Crippen molar-refractivity contribution in [2.75, 3.05) is 26.2 Å². The number of ether oxygens (including phenoxy) is 1. The van der Waals surface area contributed by atoms with Crippen LogP contribution in [0, 0.1) is 6.92 Å². The zero-order chi connectivity index (χ0) is 20.2. The number of fused-ring (bicyclic) bond motifs is 1. The largest absolute Gasteiger partial charge is 0.376 e. The zero-order valence-electron chi connectivity index (χ0n) is 16.8. The van der Waals surface area contributed by atoms with Gasteiger partial charge >= 0.3 is 0 Å². The molecular formula is C20H28N6O3. The van der Waals surface area contributed by atoms with Crippen LogP contribution in [-0.2, 0) is 24.3 Å². The molecule has 1 saturated heterocycles. The van der Waals surface area contributed by atoms with Gasteiger partial charge in [-0.05, 0) is 32.4 Å². The Morgan fingerprint density at radius 2 is 2.24 bits per heavy atom. The third kappa shape index (κ3) is 4.73. The number of hydrogen-bond acceptors (Lipinski definition) is 6. The molecule has 2 aliphatic rings. The van der Waals surface area contributed by atoms with Crippen molar-refractivity contribution in [2.45, 2.75) is 51.8 Å². The molecule has 9 heteroatoms. The van der Waals surface area contributed by atoms with E-state index >= 15 is 0 Å². The molecule has 0 aromatic carbocycles. The van der Waals surface area contributed by atoms with Crippen LogP contribution in [0.3, 0.4) is 0 Å². The SMILES string of the molecule is Cc1cc(C(=O)NCC2CCCCN2CCn2nc3c(cc2=O)COCC3)n[nH]1. The number of aromatic amines is 1. The quantitative estimate of drug-likeness (QED) is 0.737. The maximum absolute atomic E-state index is 12.4. The van der Waals surface area contributed by atoms with Gasteiger partial charge in [0.1, 0.15) is 5.69 Å². The third-order valence-corrected chi connectivity index (χ3v) is 5.69. The monoisotopic (exact) mass is 400 g/mol. The highest BCUT2D eigenvalue weighted by Crippen LogP contribution is 2.17. The number of amides is 1. The van der Waals surface area contributed by atoms with E-state index in [1.54, 1.807) is 16.8 Å². The molecule has 2 N–H and O–H groups in total. The average Bonchev–Trinajstić information content (AvgIpc) is 3.17. The van der Waals surface area contributed by atoms with Crippen molar-refractivity contribution < 1.29 is 9.53 Å². The highest BCUT2D eigenvalue weighted by molar-refractivity contribution is 5.92. The molecule has 2 aromatic rings. The number of piperidine rings is 1. The van der Waals surface area contributed by atoms with E-state index in [1.165, 1.54) is 0 Å². The second kappa shape index (κ2) is 8.87. The molecule has 1 amide bonds. The highest BCUT2D eigenvalue weighted by Gasteiger charge is 2.24. The van der Waals surface area contributed by atoms with Gasteiger partial charge in [0.25, 0.3) is 11.5 Å². The molecule has 9 nitrogen and oxygen atoms in total. The van der Waals surface area contributed by atoms with E-state index in [2.05, 4.69) is 25.5 Å². The number of carbonyl (C=O) groups excluding carboxylic acids is 1. The zero-order valence-corrected chi connectivity index (χ0v) is 16.8. The summed E-state index contributed by atoms with van der Waals surface area (Å²) in [6, 6.07) is 3.66. The summed E-state index contributed by atoms with van der Waals surface area (Å²) in [5, 5.41) is 14.4. The normalized spacial score (nSPS) is 19.7. The Hall–Kier alpha value is -2.52. The van der Waals surface area contributed by atoms with E-state index in [-0.39, 0.29) is 17.5 Å². The Balaban J connectivity index is 1.35. The number of nitrogens with one attached hydrogen (secondary N) is 2. The molecule has 2 aliphatic heterocycles. The predicted octanol–water partition coefficient (Wildman–Crippen LogP) is 0.632. The fourth-order valence-electron chi connectivity index (χ4n) is 4.06. The minimum absolute atomic E-state index is 0.0787. The summed E-state index contributed by atoms with van der Waals surface area (Å²) in [7, 11) is 0. The van der Waals surface area contributed by atoms with Crippen molar-refractivity contribution >= 4 is 5.91 Å². The van der Waals surface area contributed by atoms with Gasteiger partial charge in [-0.3, -0.25) is 19.6 Å². The maximum atomic E-state index is 12.4. The summed E-state index contributed by atoms with van der Waals surface area (Å²) in [4.78, 5) is 27.0. The van der Waals surface area contributed by atoms with Gasteiger partial charge in [-0.25, -0.2) is 4.68 Å². The van der Waals surface area contributed by atoms with E-state index < -0.39 is 0 Å². The van der Waals surface area contributed by atoms with Crippen LogP contribution in [-0.4, -0.2) is 63.1 Å². The smallest absolute Gasteiger partial charge is 0.271 e. The number of aryl methyl sites for hydroxylation is 1. The Morgan fingerprint density at radius 1 is 1.34 bits per heavy atom. The van der Waals surface area contributed by atoms with Crippen LogP contribution in [0.1, 0.15) is 46.7 Å². The summed E-state index contributed by atoms with van der Waals surface area (Å²) < 4.78 is 6.97. The van der Waals surface area contributed by atoms with Gasteiger partial charge in [0.2, 0.25) is 0 Å². The van der Waals surface area contributed by atoms with Crippen LogP contribution in [0.25, 0.3) is 0 Å². The molecule has 4 rings (SSSR count). The molecule has 156 valence electrons. The minimum atomic E-state index is -0.158. The van der Waals surface area contributed by atoms with Crippen LogP contribution in [0.4, 0.5) is 0 Å². The first-order valence-corrected chi connectivity index (χ1v) is 10.3. The van der Waals surface area contributed by atoms with E-state index in [0.717, 1.165) is 55.7 Å². The molecule has 0 radical (unpaired) electrons. The lowest BCUT2D eigenvalue weighted by molar-refractivity contribution is 0.0903. The van der Waals surface area contributed by atoms with Crippen LogP contribution in [0.2, 0.25) is 0 Å². The van der Waals surface area contributed by atoms with Gasteiger partial charge in [0.05, 0.1) is 25.5 Å². The van der Waals surface area contributed by atoms with Crippen molar-refractivity contribution in [3.05, 3.63) is 45.1 Å². The average molecular weight is 400 g/mol. The van der Waals surface area contributed by atoms with E-state index in [4.69, 9.17) is 4.74 Å². The lowest BCUT2D eigenvalue weighted by atomic mass is 10.0. The Kier molecular flexibility index (Phi) is 6.05. The van der Waals surface area contributed by atoms with Gasteiger partial charge in [0, 0.05) is 42.9 Å². The Morgan fingerprint density at radius 3 is 3.07 bits per heavy atom. The van der Waals surface area contributed by atoms with Crippen molar-refractivity contribution in [1.29, 1.82) is 0 Å². The van der Waals surface area contributed by atoms with Gasteiger partial charge in [-0.2, -0.15) is 10.2 Å². The highest BCUT2D eigenvalue weighted by atomic mass is 16.5. The Bertz CT molecular complexity index is 921.